The second-order valence-electron chi connectivity index (χ2n) is 3.49. The highest BCUT2D eigenvalue weighted by Gasteiger charge is 2.12. The second kappa shape index (κ2) is 5.81. The van der Waals surface area contributed by atoms with Crippen LogP contribution in [0.3, 0.4) is 0 Å². The topological polar surface area (TPSA) is 73.1 Å². The van der Waals surface area contributed by atoms with Crippen LogP contribution in [0.25, 0.3) is 0 Å². The smallest absolute Gasteiger partial charge is 0.242 e. The van der Waals surface area contributed by atoms with Crippen LogP contribution in [-0.2, 0) is 0 Å². The molecule has 1 aromatic carbocycles. The first kappa shape index (κ1) is 14.2. The fourth-order valence-corrected chi connectivity index (χ4v) is 2.21. The largest absolute Gasteiger partial charge is 0.479 e. The summed E-state index contributed by atoms with van der Waals surface area (Å²) < 4.78 is 5.72. The van der Waals surface area contributed by atoms with Gasteiger partial charge in [0.25, 0.3) is 0 Å². The molecule has 0 bridgehead atoms. The van der Waals surface area contributed by atoms with Crippen molar-refractivity contribution in [3.63, 3.8) is 0 Å². The van der Waals surface area contributed by atoms with Gasteiger partial charge in [0.2, 0.25) is 5.88 Å². The molecule has 0 radical (unpaired) electrons. The fourth-order valence-electron chi connectivity index (χ4n) is 1.39. The highest BCUT2D eigenvalue weighted by atomic mass is 79.9. The fraction of sp³-hybridized carbons (Fsp3) is 0.0909. The van der Waals surface area contributed by atoms with Crippen molar-refractivity contribution in [1.29, 1.82) is 0 Å². The molecule has 100 valence electrons. The molecule has 3 N–H and O–H groups in total. The van der Waals surface area contributed by atoms with Crippen molar-refractivity contribution in [2.24, 2.45) is 0 Å². The standard InChI is InChI=1S/C11H9BrCl2N4O/c1-19-11-9(15)10(16-4-17-11)18-6-3-2-5(12)7(13)8(6)14/h2-4H,15H2,1H3,(H,16,17,18). The molecule has 0 saturated heterocycles. The number of anilines is 3. The van der Waals surface area contributed by atoms with E-state index >= 15 is 0 Å². The number of methoxy groups -OCH3 is 1. The monoisotopic (exact) mass is 362 g/mol. The van der Waals surface area contributed by atoms with Crippen LogP contribution in [0.2, 0.25) is 10.0 Å². The molecule has 0 atom stereocenters. The Bertz CT molecular complexity index is 624. The Kier molecular flexibility index (Phi) is 4.34. The van der Waals surface area contributed by atoms with Gasteiger partial charge >= 0.3 is 0 Å². The summed E-state index contributed by atoms with van der Waals surface area (Å²) in [6, 6.07) is 3.53. The third kappa shape index (κ3) is 2.86. The van der Waals surface area contributed by atoms with Crippen LogP contribution >= 0.6 is 39.1 Å². The van der Waals surface area contributed by atoms with Gasteiger partial charge in [-0.05, 0) is 28.1 Å². The lowest BCUT2D eigenvalue weighted by Gasteiger charge is -2.12. The predicted octanol–water partition coefficient (Wildman–Crippen LogP) is 3.88. The van der Waals surface area contributed by atoms with Crippen LogP contribution in [0, 0.1) is 0 Å². The summed E-state index contributed by atoms with van der Waals surface area (Å²) in [5.74, 6) is 0.684. The minimum Gasteiger partial charge on any atom is -0.479 e. The molecule has 2 aromatic rings. The summed E-state index contributed by atoms with van der Waals surface area (Å²) in [7, 11) is 1.48. The summed E-state index contributed by atoms with van der Waals surface area (Å²) in [6.07, 6.45) is 1.34. The van der Waals surface area contributed by atoms with Crippen LogP contribution in [-0.4, -0.2) is 17.1 Å². The van der Waals surface area contributed by atoms with Gasteiger partial charge in [0, 0.05) is 4.47 Å². The number of halogens is 3. The maximum atomic E-state index is 6.13. The number of nitrogens with one attached hydrogen (secondary N) is 1. The molecule has 0 aliphatic carbocycles. The first-order valence-corrected chi connectivity index (χ1v) is 6.64. The van der Waals surface area contributed by atoms with Gasteiger partial charge in [0.15, 0.2) is 5.82 Å². The zero-order valence-corrected chi connectivity index (χ0v) is 12.8. The number of nitrogen functional groups attached to an aromatic ring is 1. The van der Waals surface area contributed by atoms with Crippen molar-refractivity contribution < 1.29 is 4.74 Å². The van der Waals surface area contributed by atoms with Gasteiger partial charge < -0.3 is 15.8 Å². The van der Waals surface area contributed by atoms with Gasteiger partial charge in [-0.25, -0.2) is 4.98 Å². The molecule has 0 aliphatic rings. The van der Waals surface area contributed by atoms with Crippen LogP contribution in [0.15, 0.2) is 22.9 Å². The number of benzene rings is 1. The zero-order chi connectivity index (χ0) is 14.0. The SMILES string of the molecule is COc1ncnc(Nc2ccc(Br)c(Cl)c2Cl)c1N. The van der Waals surface area contributed by atoms with Gasteiger partial charge in [-0.1, -0.05) is 23.2 Å². The van der Waals surface area contributed by atoms with Crippen molar-refractivity contribution >= 4 is 56.3 Å². The molecule has 0 spiro atoms. The minimum atomic E-state index is 0.289. The number of aromatic nitrogens is 2. The Hall–Kier alpha value is -1.24. The number of hydrogen-bond acceptors (Lipinski definition) is 5. The number of ether oxygens (including phenoxy) is 1. The number of nitrogens with zero attached hydrogens (tertiary/aromatic N) is 2. The molecule has 19 heavy (non-hydrogen) atoms. The maximum Gasteiger partial charge on any atom is 0.242 e. The average Bonchev–Trinajstić information content (AvgIpc) is 2.41. The first-order valence-electron chi connectivity index (χ1n) is 5.09. The molecular weight excluding hydrogens is 355 g/mol. The summed E-state index contributed by atoms with van der Waals surface area (Å²) in [4.78, 5) is 7.92. The van der Waals surface area contributed by atoms with E-state index in [9.17, 15) is 0 Å². The summed E-state index contributed by atoms with van der Waals surface area (Å²) in [6.45, 7) is 0. The van der Waals surface area contributed by atoms with E-state index in [1.165, 1.54) is 13.4 Å². The Morgan fingerprint density at radius 2 is 2.00 bits per heavy atom. The van der Waals surface area contributed by atoms with Crippen molar-refractivity contribution in [1.82, 2.24) is 9.97 Å². The average molecular weight is 364 g/mol. The Balaban J connectivity index is 2.39. The van der Waals surface area contributed by atoms with E-state index in [2.05, 4.69) is 31.2 Å². The predicted molar refractivity (Wildman–Crippen MR) is 80.4 cm³/mol. The third-order valence-corrected chi connectivity index (χ3v) is 4.10. The minimum absolute atomic E-state index is 0.289. The van der Waals surface area contributed by atoms with E-state index < -0.39 is 0 Å². The van der Waals surface area contributed by atoms with Crippen LogP contribution in [0.1, 0.15) is 0 Å². The molecule has 0 amide bonds. The van der Waals surface area contributed by atoms with Gasteiger partial charge in [-0.15, -0.1) is 0 Å². The van der Waals surface area contributed by atoms with E-state index in [0.717, 1.165) is 0 Å². The molecule has 1 heterocycles. The lowest BCUT2D eigenvalue weighted by Crippen LogP contribution is -2.03. The molecule has 0 unspecified atom stereocenters. The van der Waals surface area contributed by atoms with E-state index in [4.69, 9.17) is 33.7 Å². The van der Waals surface area contributed by atoms with Crippen molar-refractivity contribution in [2.45, 2.75) is 0 Å². The molecule has 0 aliphatic heterocycles. The Morgan fingerprint density at radius 3 is 2.68 bits per heavy atom. The number of nitrogens with two attached hydrogens (primary N) is 1. The summed E-state index contributed by atoms with van der Waals surface area (Å²) >= 11 is 15.5. The zero-order valence-electron chi connectivity index (χ0n) is 9.75. The molecular formula is C11H9BrCl2N4O. The van der Waals surface area contributed by atoms with E-state index in [1.54, 1.807) is 12.1 Å². The first-order chi connectivity index (χ1) is 9.04. The van der Waals surface area contributed by atoms with Crippen LogP contribution < -0.4 is 15.8 Å². The Labute approximate surface area is 128 Å². The van der Waals surface area contributed by atoms with Crippen molar-refractivity contribution in [3.8, 4) is 5.88 Å². The van der Waals surface area contributed by atoms with Gasteiger partial charge in [-0.3, -0.25) is 0 Å². The van der Waals surface area contributed by atoms with Crippen LogP contribution in [0.5, 0.6) is 5.88 Å². The molecule has 0 saturated carbocycles. The molecule has 5 nitrogen and oxygen atoms in total. The summed E-state index contributed by atoms with van der Waals surface area (Å²) in [5.41, 5.74) is 6.74. The summed E-state index contributed by atoms with van der Waals surface area (Å²) in [5, 5.41) is 3.77. The number of hydrogen-bond donors (Lipinski definition) is 2. The van der Waals surface area contributed by atoms with Gasteiger partial charge in [0.1, 0.15) is 12.0 Å². The molecule has 8 heteroatoms. The van der Waals surface area contributed by atoms with E-state index in [1.807, 2.05) is 0 Å². The maximum absolute atomic E-state index is 6.13. The molecule has 0 fully saturated rings. The lowest BCUT2D eigenvalue weighted by atomic mass is 10.3. The quantitative estimate of drug-likeness (QED) is 0.809. The van der Waals surface area contributed by atoms with E-state index in [-0.39, 0.29) is 5.88 Å². The van der Waals surface area contributed by atoms with Crippen LogP contribution in [0.4, 0.5) is 17.2 Å². The van der Waals surface area contributed by atoms with Crippen molar-refractivity contribution in [3.05, 3.63) is 33.0 Å². The van der Waals surface area contributed by atoms with Crippen molar-refractivity contribution in [2.75, 3.05) is 18.2 Å². The highest BCUT2D eigenvalue weighted by Crippen LogP contribution is 2.38. The highest BCUT2D eigenvalue weighted by molar-refractivity contribution is 9.10. The Morgan fingerprint density at radius 1 is 1.26 bits per heavy atom. The van der Waals surface area contributed by atoms with Gasteiger partial charge in [0.05, 0.1) is 22.8 Å². The molecule has 2 rings (SSSR count). The lowest BCUT2D eigenvalue weighted by molar-refractivity contribution is 0.399. The second-order valence-corrected chi connectivity index (χ2v) is 5.10. The van der Waals surface area contributed by atoms with E-state index in [0.29, 0.717) is 31.7 Å². The third-order valence-electron chi connectivity index (χ3n) is 2.33. The molecule has 1 aromatic heterocycles. The van der Waals surface area contributed by atoms with Gasteiger partial charge in [-0.2, -0.15) is 4.98 Å². The normalized spacial score (nSPS) is 10.3. The number of rotatable bonds is 3.